The first kappa shape index (κ1) is 18.9. The summed E-state index contributed by atoms with van der Waals surface area (Å²) in [4.78, 5) is 17.9. The van der Waals surface area contributed by atoms with Crippen molar-refractivity contribution in [2.24, 2.45) is 5.41 Å². The molecule has 1 amide bonds. The van der Waals surface area contributed by atoms with E-state index in [0.29, 0.717) is 19.5 Å². The highest BCUT2D eigenvalue weighted by atomic mass is 16.3. The molecule has 142 valence electrons. The Labute approximate surface area is 155 Å². The number of hydrogen-bond donors (Lipinski definition) is 3. The van der Waals surface area contributed by atoms with Crippen LogP contribution in [0.4, 0.5) is 0 Å². The normalized spacial score (nSPS) is 21.6. The van der Waals surface area contributed by atoms with Gasteiger partial charge in [-0.1, -0.05) is 26.8 Å². The number of piperidine rings is 1. The first-order valence-corrected chi connectivity index (χ1v) is 9.47. The lowest BCUT2D eigenvalue weighted by molar-refractivity contribution is -0.158. The molecular formula is C21H31N3O2. The third-order valence-corrected chi connectivity index (χ3v) is 4.94. The summed E-state index contributed by atoms with van der Waals surface area (Å²) in [5.74, 6) is -0.136. The van der Waals surface area contributed by atoms with Crippen molar-refractivity contribution in [1.82, 2.24) is 15.2 Å². The number of carbonyl (C=O) groups is 1. The van der Waals surface area contributed by atoms with Gasteiger partial charge in [-0.15, -0.1) is 0 Å². The van der Waals surface area contributed by atoms with Gasteiger partial charge in [-0.25, -0.2) is 0 Å². The Balaban J connectivity index is 1.60. The first-order valence-electron chi connectivity index (χ1n) is 9.47. The van der Waals surface area contributed by atoms with E-state index in [1.165, 1.54) is 5.39 Å². The Morgan fingerprint density at radius 2 is 2.08 bits per heavy atom. The van der Waals surface area contributed by atoms with E-state index in [9.17, 15) is 9.90 Å². The second-order valence-electron chi connectivity index (χ2n) is 8.90. The molecule has 3 N–H and O–H groups in total. The summed E-state index contributed by atoms with van der Waals surface area (Å²) < 4.78 is 0. The Bertz CT molecular complexity index is 790. The molecule has 1 aromatic heterocycles. The standard InChI is InChI=1S/C21H31N3O2/c1-15-10-17-11-16(6-7-18(17)23-15)12-22-13-21(26)8-5-9-24(19(21)25)14-20(2,3)4/h6-7,10-11,22-23,26H,5,8-9,12-14H2,1-4H3. The van der Waals surface area contributed by atoms with Gasteiger partial charge in [0, 0.05) is 37.4 Å². The predicted octanol–water partition coefficient (Wildman–Crippen LogP) is 2.97. The van der Waals surface area contributed by atoms with Gasteiger partial charge < -0.3 is 20.3 Å². The average Bonchev–Trinajstić information content (AvgIpc) is 2.90. The number of rotatable bonds is 5. The molecule has 5 nitrogen and oxygen atoms in total. The molecule has 1 saturated heterocycles. The number of amides is 1. The number of nitrogens with zero attached hydrogens (tertiary/aromatic N) is 1. The van der Waals surface area contributed by atoms with Gasteiger partial charge >= 0.3 is 0 Å². The lowest BCUT2D eigenvalue weighted by Crippen LogP contribution is -2.59. The number of benzene rings is 1. The molecule has 0 spiro atoms. The van der Waals surface area contributed by atoms with Crippen molar-refractivity contribution < 1.29 is 9.90 Å². The Kier molecular flexibility index (Phi) is 5.13. The molecule has 0 saturated carbocycles. The number of H-pyrrole nitrogens is 1. The molecule has 1 unspecified atom stereocenters. The van der Waals surface area contributed by atoms with Crippen molar-refractivity contribution in [1.29, 1.82) is 0 Å². The van der Waals surface area contributed by atoms with Crippen LogP contribution in [-0.4, -0.2) is 46.1 Å². The van der Waals surface area contributed by atoms with E-state index in [4.69, 9.17) is 0 Å². The molecular weight excluding hydrogens is 326 g/mol. The highest BCUT2D eigenvalue weighted by molar-refractivity contribution is 5.86. The average molecular weight is 357 g/mol. The van der Waals surface area contributed by atoms with Crippen molar-refractivity contribution in [2.75, 3.05) is 19.6 Å². The summed E-state index contributed by atoms with van der Waals surface area (Å²) in [6.45, 7) is 10.7. The Morgan fingerprint density at radius 3 is 2.81 bits per heavy atom. The lowest BCUT2D eigenvalue weighted by atomic mass is 9.88. The van der Waals surface area contributed by atoms with Crippen LogP contribution >= 0.6 is 0 Å². The quantitative estimate of drug-likeness (QED) is 0.771. The van der Waals surface area contributed by atoms with Crippen molar-refractivity contribution in [3.8, 4) is 0 Å². The van der Waals surface area contributed by atoms with Gasteiger partial charge in [0.15, 0.2) is 5.60 Å². The van der Waals surface area contributed by atoms with Gasteiger partial charge in [-0.3, -0.25) is 4.79 Å². The topological polar surface area (TPSA) is 68.4 Å². The summed E-state index contributed by atoms with van der Waals surface area (Å²) >= 11 is 0. The maximum absolute atomic E-state index is 12.8. The van der Waals surface area contributed by atoms with Crippen LogP contribution in [0.5, 0.6) is 0 Å². The lowest BCUT2D eigenvalue weighted by Gasteiger charge is -2.41. The number of aliphatic hydroxyl groups is 1. The van der Waals surface area contributed by atoms with Gasteiger partial charge in [0.05, 0.1) is 0 Å². The minimum atomic E-state index is -1.29. The number of aromatic amines is 1. The fraction of sp³-hybridized carbons (Fsp3) is 0.571. The van der Waals surface area contributed by atoms with Crippen LogP contribution in [0, 0.1) is 12.3 Å². The zero-order chi connectivity index (χ0) is 18.9. The molecule has 1 fully saturated rings. The number of aromatic nitrogens is 1. The van der Waals surface area contributed by atoms with E-state index >= 15 is 0 Å². The van der Waals surface area contributed by atoms with Crippen molar-refractivity contribution >= 4 is 16.8 Å². The summed E-state index contributed by atoms with van der Waals surface area (Å²) in [5.41, 5.74) is 2.16. The Morgan fingerprint density at radius 1 is 1.31 bits per heavy atom. The molecule has 5 heteroatoms. The van der Waals surface area contributed by atoms with Crippen molar-refractivity contribution in [3.63, 3.8) is 0 Å². The third kappa shape index (κ3) is 4.27. The predicted molar refractivity (Wildman–Crippen MR) is 105 cm³/mol. The summed E-state index contributed by atoms with van der Waals surface area (Å²) in [6.07, 6.45) is 1.37. The first-order chi connectivity index (χ1) is 12.2. The monoisotopic (exact) mass is 357 g/mol. The molecule has 0 bridgehead atoms. The van der Waals surface area contributed by atoms with Crippen LogP contribution in [0.25, 0.3) is 10.9 Å². The molecule has 1 atom stereocenters. The van der Waals surface area contributed by atoms with Gasteiger partial charge in [-0.2, -0.15) is 0 Å². The van der Waals surface area contributed by atoms with Crippen LogP contribution in [0.3, 0.4) is 0 Å². The van der Waals surface area contributed by atoms with Crippen molar-refractivity contribution in [3.05, 3.63) is 35.5 Å². The SMILES string of the molecule is Cc1cc2cc(CNCC3(O)CCCN(CC(C)(C)C)C3=O)ccc2[nH]1. The summed E-state index contributed by atoms with van der Waals surface area (Å²) in [5, 5.41) is 15.4. The van der Waals surface area contributed by atoms with Crippen LogP contribution in [0.2, 0.25) is 0 Å². The van der Waals surface area contributed by atoms with E-state index < -0.39 is 5.60 Å². The molecule has 2 aromatic rings. The van der Waals surface area contributed by atoms with E-state index in [0.717, 1.165) is 29.7 Å². The maximum Gasteiger partial charge on any atom is 0.255 e. The number of carbonyl (C=O) groups excluding carboxylic acids is 1. The number of hydrogen-bond acceptors (Lipinski definition) is 3. The fourth-order valence-electron chi connectivity index (χ4n) is 3.80. The summed E-state index contributed by atoms with van der Waals surface area (Å²) in [7, 11) is 0. The fourth-order valence-corrected chi connectivity index (χ4v) is 3.80. The van der Waals surface area contributed by atoms with Crippen LogP contribution in [0.1, 0.15) is 44.9 Å². The number of likely N-dealkylation sites (tertiary alicyclic amines) is 1. The summed E-state index contributed by atoms with van der Waals surface area (Å²) in [6, 6.07) is 8.42. The molecule has 26 heavy (non-hydrogen) atoms. The number of aryl methyl sites for hydroxylation is 1. The van der Waals surface area contributed by atoms with Gasteiger partial charge in [0.1, 0.15) is 0 Å². The number of nitrogens with one attached hydrogen (secondary N) is 2. The second-order valence-corrected chi connectivity index (χ2v) is 8.90. The molecule has 2 heterocycles. The van der Waals surface area contributed by atoms with E-state index in [2.05, 4.69) is 55.3 Å². The molecule has 0 aliphatic carbocycles. The maximum atomic E-state index is 12.8. The molecule has 1 aliphatic heterocycles. The largest absolute Gasteiger partial charge is 0.379 e. The smallest absolute Gasteiger partial charge is 0.255 e. The molecule has 3 rings (SSSR count). The van der Waals surface area contributed by atoms with Crippen LogP contribution in [-0.2, 0) is 11.3 Å². The van der Waals surface area contributed by atoms with Gasteiger partial charge in [0.25, 0.3) is 5.91 Å². The molecule has 0 radical (unpaired) electrons. The molecule has 1 aliphatic rings. The zero-order valence-electron chi connectivity index (χ0n) is 16.4. The third-order valence-electron chi connectivity index (χ3n) is 4.94. The van der Waals surface area contributed by atoms with Crippen LogP contribution < -0.4 is 5.32 Å². The van der Waals surface area contributed by atoms with E-state index in [1.807, 2.05) is 11.8 Å². The minimum absolute atomic E-state index is 0.0332. The number of fused-ring (bicyclic) bond motifs is 1. The van der Waals surface area contributed by atoms with Gasteiger partial charge in [0.2, 0.25) is 0 Å². The second kappa shape index (κ2) is 7.05. The highest BCUT2D eigenvalue weighted by Gasteiger charge is 2.42. The van der Waals surface area contributed by atoms with Crippen LogP contribution in [0.15, 0.2) is 24.3 Å². The van der Waals surface area contributed by atoms with E-state index in [1.54, 1.807) is 0 Å². The minimum Gasteiger partial charge on any atom is -0.379 e. The van der Waals surface area contributed by atoms with Gasteiger partial charge in [-0.05, 0) is 54.3 Å². The zero-order valence-corrected chi connectivity index (χ0v) is 16.4. The highest BCUT2D eigenvalue weighted by Crippen LogP contribution is 2.26. The Hall–Kier alpha value is -1.85. The molecule has 1 aromatic carbocycles. The van der Waals surface area contributed by atoms with Crippen molar-refractivity contribution in [2.45, 2.75) is 52.7 Å². The van der Waals surface area contributed by atoms with E-state index in [-0.39, 0.29) is 17.9 Å².